The predicted molar refractivity (Wildman–Crippen MR) is 117 cm³/mol. The van der Waals surface area contributed by atoms with Gasteiger partial charge in [-0.15, -0.1) is 12.4 Å². The van der Waals surface area contributed by atoms with Crippen molar-refractivity contribution in [2.75, 3.05) is 19.6 Å². The first-order valence-corrected chi connectivity index (χ1v) is 9.82. The van der Waals surface area contributed by atoms with Gasteiger partial charge in [0.2, 0.25) is 5.89 Å². The van der Waals surface area contributed by atoms with Crippen LogP contribution in [0.3, 0.4) is 0 Å². The molecule has 0 bridgehead atoms. The summed E-state index contributed by atoms with van der Waals surface area (Å²) in [6.07, 6.45) is 3.89. The predicted octanol–water partition coefficient (Wildman–Crippen LogP) is 4.47. The Hall–Kier alpha value is -2.63. The van der Waals surface area contributed by atoms with Crippen LogP contribution in [0.15, 0.2) is 59.1 Å². The number of carbonyl (C=O) groups excluding carboxylic acids is 1. The molecular weight excluding hydrogens is 386 g/mol. The van der Waals surface area contributed by atoms with Gasteiger partial charge in [0.15, 0.2) is 5.76 Å². The first-order valence-electron chi connectivity index (χ1n) is 9.82. The molecule has 2 heterocycles. The van der Waals surface area contributed by atoms with Gasteiger partial charge < -0.3 is 15.1 Å². The van der Waals surface area contributed by atoms with Crippen molar-refractivity contribution in [1.82, 2.24) is 15.6 Å². The number of aryl methyl sites for hydroxylation is 1. The number of rotatable bonds is 6. The molecule has 6 heteroatoms. The number of hydrogen-bond donors (Lipinski definition) is 2. The van der Waals surface area contributed by atoms with E-state index < -0.39 is 0 Å². The fourth-order valence-corrected chi connectivity index (χ4v) is 3.56. The van der Waals surface area contributed by atoms with E-state index in [0.29, 0.717) is 35.2 Å². The number of benzene rings is 2. The summed E-state index contributed by atoms with van der Waals surface area (Å²) < 4.78 is 5.97. The minimum absolute atomic E-state index is 0. The van der Waals surface area contributed by atoms with Crippen molar-refractivity contribution < 1.29 is 9.21 Å². The van der Waals surface area contributed by atoms with Crippen molar-refractivity contribution in [2.45, 2.75) is 19.8 Å². The molecule has 1 aliphatic rings. The second kappa shape index (κ2) is 9.72. The number of carbonyl (C=O) groups is 1. The van der Waals surface area contributed by atoms with Crippen molar-refractivity contribution in [1.29, 1.82) is 0 Å². The Kier molecular flexibility index (Phi) is 7.07. The minimum Gasteiger partial charge on any atom is -0.436 e. The number of amides is 1. The van der Waals surface area contributed by atoms with E-state index in [1.54, 1.807) is 6.20 Å². The Labute approximate surface area is 177 Å². The van der Waals surface area contributed by atoms with E-state index in [9.17, 15) is 4.79 Å². The van der Waals surface area contributed by atoms with Crippen LogP contribution >= 0.6 is 12.4 Å². The topological polar surface area (TPSA) is 67.2 Å². The van der Waals surface area contributed by atoms with Gasteiger partial charge in [-0.1, -0.05) is 42.0 Å². The molecule has 5 nitrogen and oxygen atoms in total. The van der Waals surface area contributed by atoms with Crippen LogP contribution in [0.4, 0.5) is 0 Å². The highest BCUT2D eigenvalue weighted by Gasteiger charge is 2.18. The molecular formula is C23H26ClN3O2. The molecule has 152 valence electrons. The molecule has 1 atom stereocenters. The molecule has 1 aromatic heterocycles. The van der Waals surface area contributed by atoms with Gasteiger partial charge in [-0.05, 0) is 50.9 Å². The molecule has 1 fully saturated rings. The number of nitrogens with zero attached hydrogens (tertiary/aromatic N) is 1. The summed E-state index contributed by atoms with van der Waals surface area (Å²) >= 11 is 0. The van der Waals surface area contributed by atoms with Crippen LogP contribution in [-0.4, -0.2) is 30.5 Å². The van der Waals surface area contributed by atoms with Crippen molar-refractivity contribution in [3.63, 3.8) is 0 Å². The number of hydrogen-bond acceptors (Lipinski definition) is 4. The Morgan fingerprint density at radius 2 is 2.00 bits per heavy atom. The zero-order valence-corrected chi connectivity index (χ0v) is 17.3. The molecule has 0 spiro atoms. The third-order valence-electron chi connectivity index (χ3n) is 5.24. The molecule has 1 saturated heterocycles. The van der Waals surface area contributed by atoms with Crippen LogP contribution in [0.5, 0.6) is 0 Å². The van der Waals surface area contributed by atoms with Crippen LogP contribution in [0.1, 0.15) is 28.8 Å². The van der Waals surface area contributed by atoms with Crippen LogP contribution < -0.4 is 10.6 Å². The Morgan fingerprint density at radius 1 is 1.21 bits per heavy atom. The first-order chi connectivity index (χ1) is 13.7. The summed E-state index contributed by atoms with van der Waals surface area (Å²) in [5, 5.41) is 6.40. The third-order valence-corrected chi connectivity index (χ3v) is 5.24. The largest absolute Gasteiger partial charge is 0.436 e. The van der Waals surface area contributed by atoms with Gasteiger partial charge in [0, 0.05) is 17.7 Å². The summed E-state index contributed by atoms with van der Waals surface area (Å²) in [6, 6.07) is 15.6. The van der Waals surface area contributed by atoms with Gasteiger partial charge in [0.05, 0.1) is 11.8 Å². The average Bonchev–Trinajstić information content (AvgIpc) is 3.41. The van der Waals surface area contributed by atoms with E-state index in [1.165, 1.54) is 12.0 Å². The Bertz CT molecular complexity index is 947. The number of nitrogens with one attached hydrogen (secondary N) is 2. The van der Waals surface area contributed by atoms with Gasteiger partial charge in [-0.2, -0.15) is 0 Å². The molecule has 29 heavy (non-hydrogen) atoms. The van der Waals surface area contributed by atoms with E-state index in [2.05, 4.69) is 15.6 Å². The second-order valence-electron chi connectivity index (χ2n) is 7.34. The summed E-state index contributed by atoms with van der Waals surface area (Å²) in [5.74, 6) is 1.72. The fraction of sp³-hybridized carbons (Fsp3) is 0.304. The minimum atomic E-state index is -0.0864. The highest BCUT2D eigenvalue weighted by molar-refractivity contribution is 6.00. The SMILES string of the molecule is Cc1ccc(-c2cnc(-c3ccccc3C(=O)NCCC3CCNC3)o2)cc1.Cl. The molecule has 4 rings (SSSR count). The number of oxazole rings is 1. The molecule has 0 saturated carbocycles. The molecule has 1 amide bonds. The summed E-state index contributed by atoms with van der Waals surface area (Å²) in [5.41, 5.74) is 3.46. The number of halogens is 1. The normalized spacial score (nSPS) is 15.7. The molecule has 2 N–H and O–H groups in total. The fourth-order valence-electron chi connectivity index (χ4n) is 3.56. The molecule has 1 unspecified atom stereocenters. The Morgan fingerprint density at radius 3 is 2.76 bits per heavy atom. The van der Waals surface area contributed by atoms with Gasteiger partial charge in [0.25, 0.3) is 5.91 Å². The maximum absolute atomic E-state index is 12.7. The van der Waals surface area contributed by atoms with E-state index in [0.717, 1.165) is 25.1 Å². The molecule has 0 aliphatic carbocycles. The molecule has 2 aromatic carbocycles. The smallest absolute Gasteiger partial charge is 0.252 e. The van der Waals surface area contributed by atoms with Gasteiger partial charge in [-0.3, -0.25) is 4.79 Å². The van der Waals surface area contributed by atoms with E-state index >= 15 is 0 Å². The quantitative estimate of drug-likeness (QED) is 0.628. The zero-order chi connectivity index (χ0) is 19.3. The van der Waals surface area contributed by atoms with E-state index in [1.807, 2.05) is 55.5 Å². The van der Waals surface area contributed by atoms with E-state index in [-0.39, 0.29) is 18.3 Å². The zero-order valence-electron chi connectivity index (χ0n) is 16.5. The van der Waals surface area contributed by atoms with Gasteiger partial charge in [0.1, 0.15) is 0 Å². The maximum atomic E-state index is 12.7. The molecule has 3 aromatic rings. The monoisotopic (exact) mass is 411 g/mol. The van der Waals surface area contributed by atoms with Gasteiger partial charge >= 0.3 is 0 Å². The standard InChI is InChI=1S/C23H25N3O2.ClH/c1-16-6-8-18(9-7-16)21-15-26-23(28-21)20-5-3-2-4-19(20)22(27)25-13-11-17-10-12-24-14-17;/h2-9,15,17,24H,10-14H2,1H3,(H,25,27);1H. The molecule has 1 aliphatic heterocycles. The van der Waals surface area contributed by atoms with Crippen LogP contribution in [0.2, 0.25) is 0 Å². The second-order valence-corrected chi connectivity index (χ2v) is 7.34. The summed E-state index contributed by atoms with van der Waals surface area (Å²) in [7, 11) is 0. The third kappa shape index (κ3) is 5.05. The lowest BCUT2D eigenvalue weighted by Gasteiger charge is -2.11. The first kappa shape index (κ1) is 21.1. The lowest BCUT2D eigenvalue weighted by Crippen LogP contribution is -2.26. The van der Waals surface area contributed by atoms with Gasteiger partial charge in [-0.25, -0.2) is 4.98 Å². The van der Waals surface area contributed by atoms with Crippen LogP contribution in [0.25, 0.3) is 22.8 Å². The maximum Gasteiger partial charge on any atom is 0.252 e. The van der Waals surface area contributed by atoms with Crippen LogP contribution in [0, 0.1) is 12.8 Å². The van der Waals surface area contributed by atoms with Crippen LogP contribution in [-0.2, 0) is 0 Å². The summed E-state index contributed by atoms with van der Waals surface area (Å²) in [4.78, 5) is 17.1. The van der Waals surface area contributed by atoms with Crippen molar-refractivity contribution in [3.8, 4) is 22.8 Å². The number of aromatic nitrogens is 1. The van der Waals surface area contributed by atoms with Crippen molar-refractivity contribution in [2.24, 2.45) is 5.92 Å². The molecule has 0 radical (unpaired) electrons. The van der Waals surface area contributed by atoms with Crippen molar-refractivity contribution >= 4 is 18.3 Å². The summed E-state index contributed by atoms with van der Waals surface area (Å²) in [6.45, 7) is 4.85. The van der Waals surface area contributed by atoms with Crippen molar-refractivity contribution in [3.05, 3.63) is 65.9 Å². The lowest BCUT2D eigenvalue weighted by molar-refractivity contribution is 0.0952. The highest BCUT2D eigenvalue weighted by Crippen LogP contribution is 2.28. The highest BCUT2D eigenvalue weighted by atomic mass is 35.5. The lowest BCUT2D eigenvalue weighted by atomic mass is 10.0. The Balaban J connectivity index is 0.00000240. The average molecular weight is 412 g/mol. The van der Waals surface area contributed by atoms with E-state index in [4.69, 9.17) is 4.42 Å².